The van der Waals surface area contributed by atoms with E-state index in [9.17, 15) is 16.8 Å². The van der Waals surface area contributed by atoms with Crippen LogP contribution in [0, 0.1) is 0 Å². The summed E-state index contributed by atoms with van der Waals surface area (Å²) in [6.45, 7) is 13.4. The molecule has 0 aliphatic heterocycles. The molecule has 0 aromatic carbocycles. The molecule has 0 amide bonds. The van der Waals surface area contributed by atoms with E-state index in [-0.39, 0.29) is 32.8 Å². The first-order valence-corrected chi connectivity index (χ1v) is 13.5. The van der Waals surface area contributed by atoms with Crippen LogP contribution in [0.4, 0.5) is 0 Å². The molecule has 0 saturated carbocycles. The number of rotatable bonds is 9. The Labute approximate surface area is 189 Å². The Hall–Kier alpha value is 0.340. The summed E-state index contributed by atoms with van der Waals surface area (Å²) in [5, 5.41) is 24.8. The van der Waals surface area contributed by atoms with E-state index in [4.69, 9.17) is 15.3 Å². The lowest BCUT2D eigenvalue weighted by molar-refractivity contribution is 0.148. The molecule has 0 radical (unpaired) electrons. The van der Waals surface area contributed by atoms with Crippen LogP contribution in [0.15, 0.2) is 0 Å². The maximum atomic E-state index is 10.4. The van der Waals surface area contributed by atoms with Gasteiger partial charge in [-0.05, 0) is 46.3 Å². The second-order valence-corrected chi connectivity index (χ2v) is 10.4. The lowest BCUT2D eigenvalue weighted by Gasteiger charge is -2.13. The fourth-order valence-electron chi connectivity index (χ4n) is 1.39. The maximum absolute atomic E-state index is 10.4. The van der Waals surface area contributed by atoms with Gasteiger partial charge in [0.1, 0.15) is 0 Å². The Balaban J connectivity index is -0.0000000904. The second kappa shape index (κ2) is 24.6. The third-order valence-corrected chi connectivity index (χ3v) is 3.44. The number of hydrogen-bond donors (Lipinski definition) is 3. The van der Waals surface area contributed by atoms with Crippen LogP contribution < -0.4 is 0 Å². The summed E-state index contributed by atoms with van der Waals surface area (Å²) in [6.07, 6.45) is 1.96. The lowest BCUT2D eigenvalue weighted by Crippen LogP contribution is -2.21. The highest BCUT2D eigenvalue weighted by atomic mass is 35.7. The number of aliphatic hydroxyl groups is 3. The Morgan fingerprint density at radius 3 is 1.31 bits per heavy atom. The molecule has 3 N–H and O–H groups in total. The van der Waals surface area contributed by atoms with Crippen LogP contribution in [0.3, 0.4) is 0 Å². The monoisotopic (exact) mass is 507 g/mol. The van der Waals surface area contributed by atoms with Crippen LogP contribution in [0.5, 0.6) is 0 Å². The number of aliphatic hydroxyl groups excluding tert-OH is 3. The molecule has 29 heavy (non-hydrogen) atoms. The molecule has 0 aromatic heterocycles. The topological polar surface area (TPSA) is 141 Å². The van der Waals surface area contributed by atoms with Crippen molar-refractivity contribution < 1.29 is 36.3 Å². The lowest BCUT2D eigenvalue weighted by atomic mass is 10.3. The van der Waals surface area contributed by atoms with Gasteiger partial charge < -0.3 is 20.2 Å². The highest BCUT2D eigenvalue weighted by molar-refractivity contribution is 8.13. The summed E-state index contributed by atoms with van der Waals surface area (Å²) in [7, 11) is -2.05. The van der Waals surface area contributed by atoms with E-state index in [0.717, 1.165) is 12.5 Å². The van der Waals surface area contributed by atoms with Crippen LogP contribution in [-0.4, -0.2) is 94.6 Å². The Bertz CT molecular complexity index is 499. The highest BCUT2D eigenvalue weighted by Gasteiger charge is 2.08. The molecular weight excluding hydrogens is 466 g/mol. The molecular formula is C16H42ClNO8S3. The van der Waals surface area contributed by atoms with Gasteiger partial charge in [-0.1, -0.05) is 20.8 Å². The van der Waals surface area contributed by atoms with E-state index in [1.807, 2.05) is 0 Å². The summed E-state index contributed by atoms with van der Waals surface area (Å²) >= 11 is 0. The molecule has 0 bridgehead atoms. The molecule has 0 fully saturated rings. The van der Waals surface area contributed by atoms with Gasteiger partial charge >= 0.3 is 0 Å². The number of hydrogen-bond acceptors (Lipinski definition) is 9. The Morgan fingerprint density at radius 2 is 1.21 bits per heavy atom. The van der Waals surface area contributed by atoms with Gasteiger partial charge in [-0.15, -0.1) is 0 Å². The minimum absolute atomic E-state index is 0. The van der Waals surface area contributed by atoms with Gasteiger partial charge in [0.2, 0.25) is 9.05 Å². The van der Waals surface area contributed by atoms with Crippen molar-refractivity contribution in [3.63, 3.8) is 0 Å². The zero-order chi connectivity index (χ0) is 23.4. The molecule has 0 spiro atoms. The maximum Gasteiger partial charge on any atom is 0.264 e. The Morgan fingerprint density at radius 1 is 0.897 bits per heavy atom. The molecule has 13 heteroatoms. The largest absolute Gasteiger partial charge is 0.396 e. The summed E-state index contributed by atoms with van der Waals surface area (Å²) in [5.74, 6) is 0. The van der Waals surface area contributed by atoms with Crippen LogP contribution in [0.25, 0.3) is 0 Å². The highest BCUT2D eigenvalue weighted by Crippen LogP contribution is 1.99. The fourth-order valence-corrected chi connectivity index (χ4v) is 2.08. The standard InChI is InChI=1S/C6H15N.C5H12O4S.C4H10O2.CH3ClO2S.H2S/c1-4-7(5-2)6-3;1-5(3-4-6)9-10(2,7)8;1-4(6)2-3-5;1-5(2,3)4;/h4-6H2,1-3H3;5-6H,3-4H2,1-2H3;4-6H,2-3H2,1H3;1H3;1H2/t;5-;4-;;/m.00../s1. The van der Waals surface area contributed by atoms with Crippen molar-refractivity contribution in [2.75, 3.05) is 45.4 Å². The van der Waals surface area contributed by atoms with Gasteiger partial charge in [0.05, 0.1) is 24.7 Å². The average Bonchev–Trinajstić information content (AvgIpc) is 2.46. The van der Waals surface area contributed by atoms with Crippen LogP contribution in [0.2, 0.25) is 0 Å². The smallest absolute Gasteiger partial charge is 0.264 e. The quantitative estimate of drug-likeness (QED) is 0.309. The van der Waals surface area contributed by atoms with Crippen molar-refractivity contribution in [3.05, 3.63) is 0 Å². The zero-order valence-electron chi connectivity index (χ0n) is 18.6. The number of nitrogens with zero attached hydrogens (tertiary/aromatic N) is 1. The summed E-state index contributed by atoms with van der Waals surface area (Å²) < 4.78 is 44.1. The van der Waals surface area contributed by atoms with Crippen molar-refractivity contribution in [3.8, 4) is 0 Å². The van der Waals surface area contributed by atoms with E-state index >= 15 is 0 Å². The van der Waals surface area contributed by atoms with E-state index in [1.54, 1.807) is 13.8 Å². The van der Waals surface area contributed by atoms with E-state index in [0.29, 0.717) is 12.8 Å². The summed E-state index contributed by atoms with van der Waals surface area (Å²) in [6, 6.07) is 0. The average molecular weight is 508 g/mol. The van der Waals surface area contributed by atoms with E-state index in [1.165, 1.54) is 19.6 Å². The minimum atomic E-state index is -3.36. The van der Waals surface area contributed by atoms with Gasteiger partial charge in [0.25, 0.3) is 10.1 Å². The predicted octanol–water partition coefficient (Wildman–Crippen LogP) is 1.13. The molecule has 184 valence electrons. The minimum Gasteiger partial charge on any atom is -0.396 e. The van der Waals surface area contributed by atoms with Gasteiger partial charge in [0, 0.05) is 23.9 Å². The SMILES string of the molecule is CCN(CC)CC.CS(=O)(=O)Cl.C[C@@H](CCO)OS(C)(=O)=O.C[C@H](O)CCO.S. The first kappa shape index (κ1) is 39.8. The first-order valence-electron chi connectivity index (χ1n) is 8.97. The van der Waals surface area contributed by atoms with Gasteiger partial charge in [-0.3, -0.25) is 4.18 Å². The normalized spacial score (nSPS) is 12.7. The molecule has 2 atom stereocenters. The molecule has 0 saturated heterocycles. The van der Waals surface area contributed by atoms with Gasteiger partial charge in [0.15, 0.2) is 0 Å². The number of halogens is 1. The van der Waals surface area contributed by atoms with Crippen molar-refractivity contribution in [2.24, 2.45) is 0 Å². The summed E-state index contributed by atoms with van der Waals surface area (Å²) in [4.78, 5) is 2.38. The Kier molecular flexibility index (Phi) is 33.8. The van der Waals surface area contributed by atoms with Gasteiger partial charge in [-0.2, -0.15) is 21.9 Å². The molecule has 0 aromatic rings. The van der Waals surface area contributed by atoms with Crippen LogP contribution in [0.1, 0.15) is 47.5 Å². The molecule has 0 aliphatic rings. The first-order chi connectivity index (χ1) is 12.6. The second-order valence-electron chi connectivity index (χ2n) is 5.79. The molecule has 9 nitrogen and oxygen atoms in total. The van der Waals surface area contributed by atoms with E-state index in [2.05, 4.69) is 40.5 Å². The summed E-state index contributed by atoms with van der Waals surface area (Å²) in [5.41, 5.74) is 0. The fraction of sp³-hybridized carbons (Fsp3) is 1.00. The van der Waals surface area contributed by atoms with Crippen molar-refractivity contribution in [2.45, 2.75) is 59.7 Å². The molecule has 0 heterocycles. The van der Waals surface area contributed by atoms with Crippen molar-refractivity contribution in [1.82, 2.24) is 4.90 Å². The van der Waals surface area contributed by atoms with Crippen molar-refractivity contribution in [1.29, 1.82) is 0 Å². The third-order valence-electron chi connectivity index (χ3n) is 2.76. The predicted molar refractivity (Wildman–Crippen MR) is 125 cm³/mol. The zero-order valence-corrected chi connectivity index (χ0v) is 22.0. The van der Waals surface area contributed by atoms with Crippen LogP contribution in [-0.2, 0) is 23.4 Å². The van der Waals surface area contributed by atoms with Crippen molar-refractivity contribution >= 4 is 43.3 Å². The van der Waals surface area contributed by atoms with Crippen LogP contribution >= 0.6 is 24.2 Å². The molecule has 0 aliphatic carbocycles. The molecule has 0 unspecified atom stereocenters. The van der Waals surface area contributed by atoms with Gasteiger partial charge in [-0.25, -0.2) is 8.42 Å². The van der Waals surface area contributed by atoms with E-state index < -0.39 is 25.3 Å². The third kappa shape index (κ3) is 65.4. The molecule has 0 rings (SSSR count).